The van der Waals surface area contributed by atoms with Gasteiger partial charge in [0.2, 0.25) is 5.91 Å². The first-order valence-electron chi connectivity index (χ1n) is 9.48. The molecule has 1 heterocycles. The fraction of sp³-hybridized carbons (Fsp3) is 0.895. The van der Waals surface area contributed by atoms with Crippen LogP contribution in [0.1, 0.15) is 68.2 Å². The van der Waals surface area contributed by atoms with Gasteiger partial charge in [0.05, 0.1) is 10.5 Å². The molecule has 1 saturated heterocycles. The third-order valence-electron chi connectivity index (χ3n) is 4.75. The van der Waals surface area contributed by atoms with E-state index in [-0.39, 0.29) is 18.2 Å². The maximum Gasteiger partial charge on any atom is 0.410 e. The second-order valence-electron chi connectivity index (χ2n) is 9.89. The summed E-state index contributed by atoms with van der Waals surface area (Å²) in [7, 11) is -3.33. The van der Waals surface area contributed by atoms with E-state index < -0.39 is 37.7 Å². The van der Waals surface area contributed by atoms with Crippen molar-refractivity contribution in [1.82, 2.24) is 10.2 Å². The van der Waals surface area contributed by atoms with Crippen LogP contribution in [0.3, 0.4) is 0 Å². The smallest absolute Gasteiger partial charge is 0.410 e. The summed E-state index contributed by atoms with van der Waals surface area (Å²) >= 11 is 0. The van der Waals surface area contributed by atoms with Crippen LogP contribution >= 0.6 is 0 Å². The zero-order valence-corrected chi connectivity index (χ0v) is 18.8. The van der Waals surface area contributed by atoms with E-state index >= 15 is 0 Å². The summed E-state index contributed by atoms with van der Waals surface area (Å²) in [5.74, 6) is -0.475. The molecule has 1 aliphatic heterocycles. The number of nitrogens with zero attached hydrogens (tertiary/aromatic N) is 1. The van der Waals surface area contributed by atoms with Crippen molar-refractivity contribution in [3.05, 3.63) is 0 Å². The minimum absolute atomic E-state index is 0.0210. The van der Waals surface area contributed by atoms with Gasteiger partial charge in [-0.2, -0.15) is 0 Å². The normalized spacial score (nSPS) is 20.9. The molecular formula is C19H36N2O5S. The van der Waals surface area contributed by atoms with Gasteiger partial charge < -0.3 is 10.1 Å². The average molecular weight is 405 g/mol. The molecular weight excluding hydrogens is 368 g/mol. The number of carbonyl (C=O) groups excluding carboxylic acids is 2. The summed E-state index contributed by atoms with van der Waals surface area (Å²) in [5.41, 5.74) is -1.08. The summed E-state index contributed by atoms with van der Waals surface area (Å²) in [6, 6.07) is -0.696. The van der Waals surface area contributed by atoms with Gasteiger partial charge in [-0.3, -0.25) is 9.69 Å². The van der Waals surface area contributed by atoms with Gasteiger partial charge in [-0.1, -0.05) is 13.8 Å². The molecule has 1 aliphatic rings. The van der Waals surface area contributed by atoms with Crippen LogP contribution in [0, 0.1) is 5.41 Å². The topological polar surface area (TPSA) is 92.8 Å². The van der Waals surface area contributed by atoms with Crippen LogP contribution in [0.4, 0.5) is 4.79 Å². The highest BCUT2D eigenvalue weighted by Gasteiger charge is 2.45. The Balaban J connectivity index is 2.89. The Bertz CT molecular complexity index is 657. The molecule has 0 aromatic carbocycles. The second kappa shape index (κ2) is 7.97. The van der Waals surface area contributed by atoms with Crippen LogP contribution in [0.25, 0.3) is 0 Å². The van der Waals surface area contributed by atoms with E-state index in [9.17, 15) is 18.0 Å². The van der Waals surface area contributed by atoms with Crippen molar-refractivity contribution in [1.29, 1.82) is 0 Å². The number of nitrogens with one attached hydrogen (secondary N) is 1. The van der Waals surface area contributed by atoms with Gasteiger partial charge in [0.15, 0.2) is 9.84 Å². The van der Waals surface area contributed by atoms with Crippen LogP contribution in [0.2, 0.25) is 0 Å². The molecule has 1 fully saturated rings. The largest absolute Gasteiger partial charge is 0.444 e. The van der Waals surface area contributed by atoms with Gasteiger partial charge in [0, 0.05) is 13.1 Å². The Labute approximate surface area is 164 Å². The number of amides is 2. The highest BCUT2D eigenvalue weighted by Crippen LogP contribution is 2.36. The first-order chi connectivity index (χ1) is 12.0. The molecule has 0 bridgehead atoms. The predicted molar refractivity (Wildman–Crippen MR) is 106 cm³/mol. The zero-order chi connectivity index (χ0) is 21.3. The lowest BCUT2D eigenvalue weighted by molar-refractivity contribution is -0.132. The second-order valence-corrected chi connectivity index (χ2v) is 12.8. The quantitative estimate of drug-likeness (QED) is 0.778. The number of sulfone groups is 1. The average Bonchev–Trinajstić information content (AvgIpc) is 2.42. The molecule has 0 saturated carbocycles. The molecule has 8 heteroatoms. The first kappa shape index (κ1) is 23.7. The van der Waals surface area contributed by atoms with Crippen LogP contribution < -0.4 is 5.32 Å². The van der Waals surface area contributed by atoms with E-state index in [1.54, 1.807) is 41.5 Å². The Morgan fingerprint density at radius 2 is 1.70 bits per heavy atom. The van der Waals surface area contributed by atoms with Crippen molar-refractivity contribution in [3.8, 4) is 0 Å². The molecule has 1 atom stereocenters. The number of hydrogen-bond acceptors (Lipinski definition) is 5. The minimum Gasteiger partial charge on any atom is -0.444 e. The monoisotopic (exact) mass is 404 g/mol. The number of rotatable bonds is 4. The molecule has 1 rings (SSSR count). The number of hydrogen-bond donors (Lipinski definition) is 1. The van der Waals surface area contributed by atoms with E-state index in [0.29, 0.717) is 6.54 Å². The van der Waals surface area contributed by atoms with Crippen molar-refractivity contribution in [3.63, 3.8) is 0 Å². The van der Waals surface area contributed by atoms with Gasteiger partial charge in [-0.15, -0.1) is 0 Å². The summed E-state index contributed by atoms with van der Waals surface area (Å²) < 4.78 is 29.1. The van der Waals surface area contributed by atoms with E-state index in [2.05, 4.69) is 5.32 Å². The van der Waals surface area contributed by atoms with Crippen LogP contribution in [-0.2, 0) is 19.4 Å². The molecule has 0 unspecified atom stereocenters. The molecule has 0 spiro atoms. The fourth-order valence-electron chi connectivity index (χ4n) is 3.12. The molecule has 158 valence electrons. The van der Waals surface area contributed by atoms with Crippen LogP contribution in [0.5, 0.6) is 0 Å². The molecule has 1 N–H and O–H groups in total. The third kappa shape index (κ3) is 6.36. The zero-order valence-electron chi connectivity index (χ0n) is 18.0. The van der Waals surface area contributed by atoms with Crippen molar-refractivity contribution < 1.29 is 22.7 Å². The summed E-state index contributed by atoms with van der Waals surface area (Å²) in [5, 5.41) is 2.72. The summed E-state index contributed by atoms with van der Waals surface area (Å²) in [4.78, 5) is 27.0. The predicted octanol–water partition coefficient (Wildman–Crippen LogP) is 2.74. The summed E-state index contributed by atoms with van der Waals surface area (Å²) in [6.07, 6.45) is 1.07. The molecule has 0 radical (unpaired) electrons. The Kier molecular flexibility index (Phi) is 7.01. The molecule has 0 aliphatic carbocycles. The number of ether oxygens (including phenoxy) is 1. The number of likely N-dealkylation sites (tertiary alicyclic amines) is 1. The SMILES string of the molecule is CC(C)(C)OC(=O)N1CCCC(C)(C)[C@H]1C(=O)NCCS(=O)(=O)C(C)(C)C. The third-order valence-corrected chi connectivity index (χ3v) is 7.36. The minimum atomic E-state index is -3.33. The van der Waals surface area contributed by atoms with Gasteiger partial charge >= 0.3 is 6.09 Å². The Hall–Kier alpha value is -1.31. The highest BCUT2D eigenvalue weighted by molar-refractivity contribution is 7.92. The van der Waals surface area contributed by atoms with Crippen LogP contribution in [-0.4, -0.2) is 60.6 Å². The molecule has 27 heavy (non-hydrogen) atoms. The molecule has 7 nitrogen and oxygen atoms in total. The van der Waals surface area contributed by atoms with E-state index in [1.807, 2.05) is 13.8 Å². The van der Waals surface area contributed by atoms with Crippen molar-refractivity contribution in [2.45, 2.75) is 84.6 Å². The maximum atomic E-state index is 12.9. The maximum absolute atomic E-state index is 12.9. The lowest BCUT2D eigenvalue weighted by atomic mass is 9.76. The lowest BCUT2D eigenvalue weighted by Gasteiger charge is -2.45. The van der Waals surface area contributed by atoms with Gasteiger partial charge in [-0.25, -0.2) is 13.2 Å². The summed E-state index contributed by atoms with van der Waals surface area (Å²) in [6.45, 7) is 14.6. The van der Waals surface area contributed by atoms with E-state index in [0.717, 1.165) is 12.8 Å². The standard InChI is InChI=1S/C19H36N2O5S/c1-17(2,3)26-16(23)21-12-9-10-19(7,8)14(21)15(22)20-11-13-27(24,25)18(4,5)6/h14H,9-13H2,1-8H3,(H,20,22)/t14-/m1/s1. The fourth-order valence-corrected chi connectivity index (χ4v) is 4.10. The van der Waals surface area contributed by atoms with E-state index in [4.69, 9.17) is 4.74 Å². The van der Waals surface area contributed by atoms with Gasteiger partial charge in [0.1, 0.15) is 11.6 Å². The van der Waals surface area contributed by atoms with Crippen molar-refractivity contribution in [2.24, 2.45) is 5.41 Å². The van der Waals surface area contributed by atoms with Crippen LogP contribution in [0.15, 0.2) is 0 Å². The van der Waals surface area contributed by atoms with Gasteiger partial charge in [0.25, 0.3) is 0 Å². The first-order valence-corrected chi connectivity index (χ1v) is 11.1. The number of carbonyl (C=O) groups is 2. The molecule has 2 amide bonds. The van der Waals surface area contributed by atoms with E-state index in [1.165, 1.54) is 4.90 Å². The Morgan fingerprint density at radius 3 is 2.19 bits per heavy atom. The molecule has 0 aromatic rings. The van der Waals surface area contributed by atoms with Gasteiger partial charge in [-0.05, 0) is 59.8 Å². The lowest BCUT2D eigenvalue weighted by Crippen LogP contribution is -2.60. The molecule has 0 aromatic heterocycles. The highest BCUT2D eigenvalue weighted by atomic mass is 32.2. The number of piperidine rings is 1. The van der Waals surface area contributed by atoms with Crippen molar-refractivity contribution in [2.75, 3.05) is 18.8 Å². The van der Waals surface area contributed by atoms with Crippen molar-refractivity contribution >= 4 is 21.8 Å². The Morgan fingerprint density at radius 1 is 1.15 bits per heavy atom.